The molecule has 0 bridgehead atoms. The van der Waals surface area contributed by atoms with Crippen LogP contribution in [0.15, 0.2) is 43.0 Å². The van der Waals surface area contributed by atoms with Crippen LogP contribution in [0.1, 0.15) is 17.3 Å². The van der Waals surface area contributed by atoms with E-state index in [0.29, 0.717) is 0 Å². The molecular weight excluding hydrogens is 252 g/mol. The number of aromatic nitrogens is 2. The van der Waals surface area contributed by atoms with Gasteiger partial charge in [0.2, 0.25) is 0 Å². The Bertz CT molecular complexity index is 576. The molecule has 1 amide bonds. The van der Waals surface area contributed by atoms with E-state index in [9.17, 15) is 4.79 Å². The lowest BCUT2D eigenvalue weighted by Gasteiger charge is -2.34. The molecule has 20 heavy (non-hydrogen) atoms. The second-order valence-corrected chi connectivity index (χ2v) is 5.07. The summed E-state index contributed by atoms with van der Waals surface area (Å²) in [4.78, 5) is 18.4. The fraction of sp³-hybridized carbons (Fsp3) is 0.333. The number of piperazine rings is 1. The van der Waals surface area contributed by atoms with Crippen LogP contribution in [0.4, 0.5) is 0 Å². The number of benzene rings is 1. The van der Waals surface area contributed by atoms with E-state index in [1.54, 1.807) is 12.5 Å². The number of carbonyl (C=O) groups is 1. The average Bonchev–Trinajstić information content (AvgIpc) is 3.01. The number of carbonyl (C=O) groups excluding carboxylic acids is 1. The van der Waals surface area contributed by atoms with Gasteiger partial charge in [-0.1, -0.05) is 0 Å². The van der Waals surface area contributed by atoms with Gasteiger partial charge in [-0.2, -0.15) is 0 Å². The highest BCUT2D eigenvalue weighted by atomic mass is 16.2. The van der Waals surface area contributed by atoms with Gasteiger partial charge in [-0.25, -0.2) is 4.98 Å². The van der Waals surface area contributed by atoms with Crippen molar-refractivity contribution in [2.75, 3.05) is 19.6 Å². The predicted molar refractivity (Wildman–Crippen MR) is 76.9 cm³/mol. The van der Waals surface area contributed by atoms with E-state index < -0.39 is 0 Å². The Labute approximate surface area is 118 Å². The smallest absolute Gasteiger partial charge is 0.254 e. The molecule has 2 aromatic rings. The summed E-state index contributed by atoms with van der Waals surface area (Å²) in [6.07, 6.45) is 5.37. The number of rotatable bonds is 2. The molecule has 0 radical (unpaired) electrons. The van der Waals surface area contributed by atoms with Gasteiger partial charge in [0.25, 0.3) is 5.91 Å². The maximum Gasteiger partial charge on any atom is 0.254 e. The fourth-order valence-electron chi connectivity index (χ4n) is 2.50. The number of amides is 1. The molecular formula is C15H18N4O. The SMILES string of the molecule is C[C@@H]1CNCCN1C(=O)c1ccc(-n2ccnc2)cc1. The number of hydrogen-bond donors (Lipinski definition) is 1. The van der Waals surface area contributed by atoms with Crippen LogP contribution in [0.3, 0.4) is 0 Å². The molecule has 1 aromatic heterocycles. The van der Waals surface area contributed by atoms with Crippen LogP contribution >= 0.6 is 0 Å². The minimum absolute atomic E-state index is 0.108. The van der Waals surface area contributed by atoms with Gasteiger partial charge in [0, 0.05) is 49.3 Å². The molecule has 1 fully saturated rings. The second-order valence-electron chi connectivity index (χ2n) is 5.07. The molecule has 1 atom stereocenters. The Kier molecular flexibility index (Phi) is 3.52. The summed E-state index contributed by atoms with van der Waals surface area (Å²) in [5, 5.41) is 3.29. The molecule has 0 saturated carbocycles. The zero-order valence-electron chi connectivity index (χ0n) is 11.5. The molecule has 0 unspecified atom stereocenters. The van der Waals surface area contributed by atoms with Crippen LogP contribution < -0.4 is 5.32 Å². The molecule has 1 N–H and O–H groups in total. The molecule has 104 valence electrons. The normalized spacial score (nSPS) is 19.1. The quantitative estimate of drug-likeness (QED) is 0.895. The summed E-state index contributed by atoms with van der Waals surface area (Å²) < 4.78 is 1.92. The first-order valence-corrected chi connectivity index (χ1v) is 6.86. The topological polar surface area (TPSA) is 50.2 Å². The van der Waals surface area contributed by atoms with Crippen molar-refractivity contribution >= 4 is 5.91 Å². The maximum absolute atomic E-state index is 12.5. The molecule has 0 spiro atoms. The number of nitrogens with zero attached hydrogens (tertiary/aromatic N) is 3. The zero-order valence-corrected chi connectivity index (χ0v) is 11.5. The van der Waals surface area contributed by atoms with E-state index in [1.165, 1.54) is 0 Å². The second kappa shape index (κ2) is 5.46. The molecule has 1 aromatic carbocycles. The van der Waals surface area contributed by atoms with Gasteiger partial charge in [-0.05, 0) is 31.2 Å². The van der Waals surface area contributed by atoms with Crippen LogP contribution in [0.5, 0.6) is 0 Å². The van der Waals surface area contributed by atoms with E-state index in [4.69, 9.17) is 0 Å². The number of hydrogen-bond acceptors (Lipinski definition) is 3. The molecule has 0 aliphatic carbocycles. The van der Waals surface area contributed by atoms with Crippen molar-refractivity contribution in [1.82, 2.24) is 19.8 Å². The third-order valence-corrected chi connectivity index (χ3v) is 3.68. The highest BCUT2D eigenvalue weighted by Gasteiger charge is 2.23. The molecule has 3 rings (SSSR count). The van der Waals surface area contributed by atoms with Gasteiger partial charge < -0.3 is 14.8 Å². The summed E-state index contributed by atoms with van der Waals surface area (Å²) in [7, 11) is 0. The monoisotopic (exact) mass is 270 g/mol. The first kappa shape index (κ1) is 12.9. The zero-order chi connectivity index (χ0) is 13.9. The van der Waals surface area contributed by atoms with E-state index >= 15 is 0 Å². The van der Waals surface area contributed by atoms with Gasteiger partial charge in [0.15, 0.2) is 0 Å². The lowest BCUT2D eigenvalue weighted by Crippen LogP contribution is -2.52. The summed E-state index contributed by atoms with van der Waals surface area (Å²) in [5.41, 5.74) is 1.75. The van der Waals surface area contributed by atoms with E-state index in [0.717, 1.165) is 30.9 Å². The summed E-state index contributed by atoms with van der Waals surface area (Å²) >= 11 is 0. The Balaban J connectivity index is 1.78. The standard InChI is InChI=1S/C15H18N4O/c1-12-10-16-7-9-19(12)15(20)13-2-4-14(5-3-13)18-8-6-17-11-18/h2-6,8,11-12,16H,7,9-10H2,1H3/t12-/m1/s1. The van der Waals surface area contributed by atoms with Gasteiger partial charge in [-0.3, -0.25) is 4.79 Å². The van der Waals surface area contributed by atoms with Crippen LogP contribution in [-0.2, 0) is 0 Å². The minimum atomic E-state index is 0.108. The maximum atomic E-state index is 12.5. The van der Waals surface area contributed by atoms with Crippen molar-refractivity contribution in [2.24, 2.45) is 0 Å². The van der Waals surface area contributed by atoms with E-state index in [-0.39, 0.29) is 11.9 Å². The first-order chi connectivity index (χ1) is 9.75. The largest absolute Gasteiger partial charge is 0.333 e. The average molecular weight is 270 g/mol. The minimum Gasteiger partial charge on any atom is -0.333 e. The Morgan fingerprint density at radius 1 is 1.35 bits per heavy atom. The van der Waals surface area contributed by atoms with Crippen molar-refractivity contribution in [1.29, 1.82) is 0 Å². The van der Waals surface area contributed by atoms with Gasteiger partial charge in [0.1, 0.15) is 0 Å². The summed E-state index contributed by atoms with van der Waals surface area (Å²) in [6, 6.07) is 7.90. The fourth-order valence-corrected chi connectivity index (χ4v) is 2.50. The highest BCUT2D eigenvalue weighted by molar-refractivity contribution is 5.94. The van der Waals surface area contributed by atoms with Crippen molar-refractivity contribution in [3.8, 4) is 5.69 Å². The number of nitrogens with one attached hydrogen (secondary N) is 1. The molecule has 1 aliphatic heterocycles. The van der Waals surface area contributed by atoms with Crippen molar-refractivity contribution in [3.63, 3.8) is 0 Å². The lowest BCUT2D eigenvalue weighted by molar-refractivity contribution is 0.0656. The predicted octanol–water partition coefficient (Wildman–Crippen LogP) is 1.31. The molecule has 5 heteroatoms. The Morgan fingerprint density at radius 3 is 2.80 bits per heavy atom. The highest BCUT2D eigenvalue weighted by Crippen LogP contribution is 2.13. The van der Waals surface area contributed by atoms with Gasteiger partial charge >= 0.3 is 0 Å². The number of imidazole rings is 1. The van der Waals surface area contributed by atoms with E-state index in [1.807, 2.05) is 39.9 Å². The summed E-state index contributed by atoms with van der Waals surface area (Å²) in [5.74, 6) is 0.108. The third-order valence-electron chi connectivity index (χ3n) is 3.68. The lowest BCUT2D eigenvalue weighted by atomic mass is 10.1. The van der Waals surface area contributed by atoms with Crippen molar-refractivity contribution < 1.29 is 4.79 Å². The van der Waals surface area contributed by atoms with Crippen molar-refractivity contribution in [2.45, 2.75) is 13.0 Å². The van der Waals surface area contributed by atoms with Crippen LogP contribution in [0.25, 0.3) is 5.69 Å². The van der Waals surface area contributed by atoms with Crippen molar-refractivity contribution in [3.05, 3.63) is 48.5 Å². The molecule has 1 aliphatic rings. The molecule has 2 heterocycles. The third kappa shape index (κ3) is 2.44. The van der Waals surface area contributed by atoms with Gasteiger partial charge in [0.05, 0.1) is 6.33 Å². The molecule has 1 saturated heterocycles. The summed E-state index contributed by atoms with van der Waals surface area (Å²) in [6.45, 7) is 4.56. The van der Waals surface area contributed by atoms with Crippen LogP contribution in [0.2, 0.25) is 0 Å². The first-order valence-electron chi connectivity index (χ1n) is 6.86. The Morgan fingerprint density at radius 2 is 2.15 bits per heavy atom. The molecule has 5 nitrogen and oxygen atoms in total. The van der Waals surface area contributed by atoms with Crippen LogP contribution in [0, 0.1) is 0 Å². The van der Waals surface area contributed by atoms with Crippen LogP contribution in [-0.4, -0.2) is 46.0 Å². The Hall–Kier alpha value is -2.14. The van der Waals surface area contributed by atoms with Gasteiger partial charge in [-0.15, -0.1) is 0 Å². The van der Waals surface area contributed by atoms with E-state index in [2.05, 4.69) is 17.2 Å².